The van der Waals surface area contributed by atoms with Crippen LogP contribution >= 0.6 is 0 Å². The summed E-state index contributed by atoms with van der Waals surface area (Å²) in [5, 5.41) is 2.44. The summed E-state index contributed by atoms with van der Waals surface area (Å²) in [5.74, 6) is -0.660. The lowest BCUT2D eigenvalue weighted by molar-refractivity contribution is -0.143. The Bertz CT molecular complexity index is 724. The van der Waals surface area contributed by atoms with E-state index in [4.69, 9.17) is 9.47 Å². The van der Waals surface area contributed by atoms with E-state index in [-0.39, 0.29) is 11.3 Å². The molecular formula is C16H24N2O6S. The van der Waals surface area contributed by atoms with E-state index >= 15 is 0 Å². The predicted octanol–water partition coefficient (Wildman–Crippen LogP) is 1.20. The van der Waals surface area contributed by atoms with Gasteiger partial charge in [0.05, 0.1) is 12.0 Å². The van der Waals surface area contributed by atoms with Gasteiger partial charge in [0, 0.05) is 6.42 Å². The van der Waals surface area contributed by atoms with Crippen LogP contribution < -0.4 is 10.0 Å². The molecule has 0 saturated carbocycles. The van der Waals surface area contributed by atoms with Crippen LogP contribution in [0.5, 0.6) is 0 Å². The molecule has 1 rings (SSSR count). The van der Waals surface area contributed by atoms with E-state index in [1.54, 1.807) is 32.9 Å². The van der Waals surface area contributed by atoms with Gasteiger partial charge in [-0.25, -0.2) is 22.7 Å². The molecule has 0 bridgehead atoms. The average molecular weight is 372 g/mol. The highest BCUT2D eigenvalue weighted by Gasteiger charge is 2.25. The molecule has 25 heavy (non-hydrogen) atoms. The zero-order valence-corrected chi connectivity index (χ0v) is 15.8. The van der Waals surface area contributed by atoms with Crippen LogP contribution in [-0.4, -0.2) is 46.3 Å². The lowest BCUT2D eigenvalue weighted by Gasteiger charge is -2.22. The summed E-state index contributed by atoms with van der Waals surface area (Å²) in [7, 11) is -1.10. The molecule has 2 N–H and O–H groups in total. The van der Waals surface area contributed by atoms with Crippen molar-refractivity contribution in [2.75, 3.05) is 14.2 Å². The fourth-order valence-electron chi connectivity index (χ4n) is 1.98. The first-order valence-corrected chi connectivity index (χ1v) is 9.06. The van der Waals surface area contributed by atoms with Gasteiger partial charge in [0.2, 0.25) is 10.0 Å². The van der Waals surface area contributed by atoms with Crippen LogP contribution in [-0.2, 0) is 30.7 Å². The first-order chi connectivity index (χ1) is 11.5. The van der Waals surface area contributed by atoms with Crippen molar-refractivity contribution in [1.29, 1.82) is 0 Å². The highest BCUT2D eigenvalue weighted by atomic mass is 32.2. The molecule has 1 aromatic rings. The molecular weight excluding hydrogens is 348 g/mol. The number of carbonyl (C=O) groups excluding carboxylic acids is 2. The topological polar surface area (TPSA) is 111 Å². The molecule has 0 fully saturated rings. The van der Waals surface area contributed by atoms with E-state index < -0.39 is 33.7 Å². The molecule has 0 aliphatic carbocycles. The molecule has 1 aromatic carbocycles. The second-order valence-electron chi connectivity index (χ2n) is 6.28. The van der Waals surface area contributed by atoms with Gasteiger partial charge in [-0.3, -0.25) is 0 Å². The van der Waals surface area contributed by atoms with Gasteiger partial charge >= 0.3 is 12.1 Å². The maximum absolute atomic E-state index is 11.9. The van der Waals surface area contributed by atoms with E-state index in [1.165, 1.54) is 26.3 Å². The molecule has 8 nitrogen and oxygen atoms in total. The van der Waals surface area contributed by atoms with Crippen molar-refractivity contribution in [2.45, 2.75) is 43.7 Å². The number of rotatable bonds is 6. The molecule has 0 saturated heterocycles. The molecule has 140 valence electrons. The summed E-state index contributed by atoms with van der Waals surface area (Å²) in [6.07, 6.45) is -0.708. The molecule has 1 atom stereocenters. The SMILES string of the molecule is CNS(=O)(=O)c1cccc(C[C@H](NC(=O)OC(C)(C)C)C(=O)OC)c1. The van der Waals surface area contributed by atoms with Crippen LogP contribution in [0.1, 0.15) is 26.3 Å². The van der Waals surface area contributed by atoms with Crippen molar-refractivity contribution < 1.29 is 27.5 Å². The third-order valence-corrected chi connectivity index (χ3v) is 4.51. The summed E-state index contributed by atoms with van der Waals surface area (Å²) < 4.78 is 35.8. The Balaban J connectivity index is 2.98. The van der Waals surface area contributed by atoms with E-state index in [0.29, 0.717) is 5.56 Å². The number of amides is 1. The summed E-state index contributed by atoms with van der Waals surface area (Å²) in [5.41, 5.74) is -0.172. The smallest absolute Gasteiger partial charge is 0.408 e. The van der Waals surface area contributed by atoms with Gasteiger partial charge in [0.25, 0.3) is 0 Å². The zero-order valence-electron chi connectivity index (χ0n) is 15.0. The number of methoxy groups -OCH3 is 1. The highest BCUT2D eigenvalue weighted by Crippen LogP contribution is 2.14. The Morgan fingerprint density at radius 1 is 1.24 bits per heavy atom. The Kier molecular flexibility index (Phi) is 6.95. The second kappa shape index (κ2) is 8.30. The van der Waals surface area contributed by atoms with Gasteiger partial charge < -0.3 is 14.8 Å². The van der Waals surface area contributed by atoms with E-state index in [9.17, 15) is 18.0 Å². The van der Waals surface area contributed by atoms with Crippen LogP contribution in [0.3, 0.4) is 0 Å². The zero-order chi connectivity index (χ0) is 19.3. The van der Waals surface area contributed by atoms with Gasteiger partial charge in [0.1, 0.15) is 11.6 Å². The summed E-state index contributed by atoms with van der Waals surface area (Å²) in [4.78, 5) is 23.9. The van der Waals surface area contributed by atoms with Crippen LogP contribution in [0.25, 0.3) is 0 Å². The maximum atomic E-state index is 11.9. The minimum Gasteiger partial charge on any atom is -0.467 e. The molecule has 0 heterocycles. The number of benzene rings is 1. The number of hydrogen-bond donors (Lipinski definition) is 2. The van der Waals surface area contributed by atoms with E-state index in [0.717, 1.165) is 0 Å². The minimum absolute atomic E-state index is 0.0546. The number of ether oxygens (including phenoxy) is 2. The number of hydrogen-bond acceptors (Lipinski definition) is 6. The highest BCUT2D eigenvalue weighted by molar-refractivity contribution is 7.89. The Hall–Kier alpha value is -2.13. The standard InChI is InChI=1S/C16H24N2O6S/c1-16(2,3)24-15(20)18-13(14(19)23-5)10-11-7-6-8-12(9-11)25(21,22)17-4/h6-9,13,17H,10H2,1-5H3,(H,18,20)/t13-/m0/s1. The molecule has 0 unspecified atom stereocenters. The Morgan fingerprint density at radius 2 is 1.88 bits per heavy atom. The minimum atomic E-state index is -3.61. The van der Waals surface area contributed by atoms with Crippen molar-refractivity contribution in [3.05, 3.63) is 29.8 Å². The normalized spacial score (nSPS) is 13.0. The quantitative estimate of drug-likeness (QED) is 0.726. The number of alkyl carbamates (subject to hydrolysis) is 1. The average Bonchev–Trinajstić information content (AvgIpc) is 2.52. The molecule has 0 aliphatic heterocycles. The van der Waals surface area contributed by atoms with Crippen LogP contribution in [0.2, 0.25) is 0 Å². The van der Waals surface area contributed by atoms with Crippen molar-refractivity contribution in [3.8, 4) is 0 Å². The molecule has 0 radical (unpaired) electrons. The van der Waals surface area contributed by atoms with Crippen LogP contribution in [0.4, 0.5) is 4.79 Å². The largest absolute Gasteiger partial charge is 0.467 e. The van der Waals surface area contributed by atoms with Gasteiger partial charge in [-0.1, -0.05) is 12.1 Å². The van der Waals surface area contributed by atoms with Crippen molar-refractivity contribution >= 4 is 22.1 Å². The fourth-order valence-corrected chi connectivity index (χ4v) is 2.78. The van der Waals surface area contributed by atoms with Crippen molar-refractivity contribution in [1.82, 2.24) is 10.0 Å². The van der Waals surface area contributed by atoms with E-state index in [1.807, 2.05) is 0 Å². The fraction of sp³-hybridized carbons (Fsp3) is 0.500. The first-order valence-electron chi connectivity index (χ1n) is 7.58. The maximum Gasteiger partial charge on any atom is 0.408 e. The molecule has 0 spiro atoms. The van der Waals surface area contributed by atoms with Crippen LogP contribution in [0.15, 0.2) is 29.2 Å². The number of nitrogens with one attached hydrogen (secondary N) is 2. The van der Waals surface area contributed by atoms with Crippen LogP contribution in [0, 0.1) is 0 Å². The molecule has 0 aromatic heterocycles. The van der Waals surface area contributed by atoms with Crippen molar-refractivity contribution in [2.24, 2.45) is 0 Å². The number of sulfonamides is 1. The summed E-state index contributed by atoms with van der Waals surface area (Å²) in [6, 6.07) is 5.07. The van der Waals surface area contributed by atoms with E-state index in [2.05, 4.69) is 10.0 Å². The Morgan fingerprint density at radius 3 is 2.40 bits per heavy atom. The third kappa shape index (κ3) is 6.71. The molecule has 1 amide bonds. The van der Waals surface area contributed by atoms with Gasteiger partial charge in [0.15, 0.2) is 0 Å². The summed E-state index contributed by atoms with van der Waals surface area (Å²) in [6.45, 7) is 5.10. The molecule has 0 aliphatic rings. The Labute approximate surface area is 147 Å². The summed E-state index contributed by atoms with van der Waals surface area (Å²) >= 11 is 0. The first kappa shape index (κ1) is 20.9. The van der Waals surface area contributed by atoms with Gasteiger partial charge in [-0.15, -0.1) is 0 Å². The molecule has 9 heteroatoms. The predicted molar refractivity (Wildman–Crippen MR) is 91.6 cm³/mol. The lowest BCUT2D eigenvalue weighted by Crippen LogP contribution is -2.45. The number of carbonyl (C=O) groups is 2. The van der Waals surface area contributed by atoms with Crippen molar-refractivity contribution in [3.63, 3.8) is 0 Å². The monoisotopic (exact) mass is 372 g/mol. The lowest BCUT2D eigenvalue weighted by atomic mass is 10.1. The third-order valence-electron chi connectivity index (χ3n) is 3.09. The van der Waals surface area contributed by atoms with Gasteiger partial charge in [-0.2, -0.15) is 0 Å². The van der Waals surface area contributed by atoms with Gasteiger partial charge in [-0.05, 0) is 45.5 Å². The second-order valence-corrected chi connectivity index (χ2v) is 8.17. The number of esters is 1.